The first-order chi connectivity index (χ1) is 12.4. The van der Waals surface area contributed by atoms with Crippen molar-refractivity contribution in [3.63, 3.8) is 0 Å². The molecule has 0 saturated carbocycles. The van der Waals surface area contributed by atoms with E-state index in [-0.39, 0.29) is 11.9 Å². The van der Waals surface area contributed by atoms with Crippen molar-refractivity contribution in [3.05, 3.63) is 48.8 Å². The largest absolute Gasteiger partial charge is 0.481 e. The quantitative estimate of drug-likeness (QED) is 0.335. The number of nitro groups is 2. The highest BCUT2D eigenvalue weighted by Gasteiger charge is 2.45. The molecule has 1 aromatic rings. The van der Waals surface area contributed by atoms with Gasteiger partial charge in [0, 0.05) is 12.1 Å². The molecule has 1 aliphatic rings. The number of methoxy groups -OCH3 is 1. The average molecular weight is 430 g/mol. The lowest BCUT2D eigenvalue weighted by molar-refractivity contribution is -0.392. The molecule has 0 bridgehead atoms. The predicted octanol–water partition coefficient (Wildman–Crippen LogP) is 3.36. The molecule has 27 heavy (non-hydrogen) atoms. The number of nitro benzene ring substituents is 2. The zero-order chi connectivity index (χ0) is 20.7. The number of nitrogens with two attached hydrogens (primary N) is 1. The van der Waals surface area contributed by atoms with Crippen LogP contribution in [0.3, 0.4) is 0 Å². The zero-order valence-corrected chi connectivity index (χ0v) is 14.5. The van der Waals surface area contributed by atoms with Gasteiger partial charge < -0.3 is 10.5 Å². The van der Waals surface area contributed by atoms with Crippen LogP contribution >= 0.6 is 23.2 Å². The fourth-order valence-corrected chi connectivity index (χ4v) is 2.87. The number of nitrogens with zero attached hydrogens (tertiary/aromatic N) is 4. The summed E-state index contributed by atoms with van der Waals surface area (Å²) in [5.41, 5.74) is -1.13. The Hall–Kier alpha value is -2.80. The summed E-state index contributed by atoms with van der Waals surface area (Å²) < 4.78 is 44.1. The minimum Gasteiger partial charge on any atom is -0.481 e. The number of halogens is 5. The van der Waals surface area contributed by atoms with Gasteiger partial charge in [0.25, 0.3) is 0 Å². The number of alkyl halides is 4. The van der Waals surface area contributed by atoms with Crippen LogP contribution in [0.25, 0.3) is 0 Å². The summed E-state index contributed by atoms with van der Waals surface area (Å²) in [6, 6.07) is 0.0666. The van der Waals surface area contributed by atoms with Gasteiger partial charge in [0.2, 0.25) is 17.5 Å². The molecule has 0 aromatic heterocycles. The SMILES string of the molecule is COC1=C[C@H](Cl)N(c2c([N+](=O)[O-])cc(C(F)(F)F)c(Cl)c2[N+](=O)[O-])C(N)=N1. The molecule has 1 aliphatic heterocycles. The Morgan fingerprint density at radius 2 is 1.93 bits per heavy atom. The van der Waals surface area contributed by atoms with Gasteiger partial charge in [-0.05, 0) is 0 Å². The van der Waals surface area contributed by atoms with Gasteiger partial charge in [-0.15, -0.1) is 0 Å². The standard InChI is InChI=1S/C12H8Cl2F3N5O5/c1-27-7-3-6(13)20(11(18)19-7)9-5(21(23)24)2-4(12(15,16)17)8(14)10(9)22(25)26/h2-3,6H,1H3,(H2,18,19)/t6-/m1/s1. The molecule has 0 unspecified atom stereocenters. The molecule has 15 heteroatoms. The number of aliphatic imine (C=N–C) groups is 1. The zero-order valence-electron chi connectivity index (χ0n) is 13.0. The number of hydrogen-bond donors (Lipinski definition) is 1. The van der Waals surface area contributed by atoms with Gasteiger partial charge >= 0.3 is 17.6 Å². The van der Waals surface area contributed by atoms with Crippen LogP contribution < -0.4 is 10.6 Å². The molecule has 10 nitrogen and oxygen atoms in total. The van der Waals surface area contributed by atoms with Gasteiger partial charge in [0.05, 0.1) is 22.5 Å². The Morgan fingerprint density at radius 3 is 2.33 bits per heavy atom. The highest BCUT2D eigenvalue weighted by Crippen LogP contribution is 2.50. The fourth-order valence-electron chi connectivity index (χ4n) is 2.24. The second kappa shape index (κ2) is 7.08. The maximum Gasteiger partial charge on any atom is 0.418 e. The third-order valence-electron chi connectivity index (χ3n) is 3.33. The van der Waals surface area contributed by atoms with Crippen molar-refractivity contribution >= 4 is 46.2 Å². The first-order valence-electron chi connectivity index (χ1n) is 6.65. The molecule has 1 heterocycles. The maximum absolute atomic E-state index is 13.1. The lowest BCUT2D eigenvalue weighted by Crippen LogP contribution is -2.44. The minimum atomic E-state index is -5.18. The third-order valence-corrected chi connectivity index (χ3v) is 4.03. The smallest absolute Gasteiger partial charge is 0.418 e. The summed E-state index contributed by atoms with van der Waals surface area (Å²) in [6.45, 7) is 0. The summed E-state index contributed by atoms with van der Waals surface area (Å²) in [5.74, 6) is -0.691. The highest BCUT2D eigenvalue weighted by atomic mass is 35.5. The third kappa shape index (κ3) is 3.68. The van der Waals surface area contributed by atoms with Crippen molar-refractivity contribution in [2.75, 3.05) is 12.0 Å². The molecule has 2 N–H and O–H groups in total. The van der Waals surface area contributed by atoms with E-state index < -0.39 is 55.1 Å². The highest BCUT2D eigenvalue weighted by molar-refractivity contribution is 6.35. The normalized spacial score (nSPS) is 17.3. The van der Waals surface area contributed by atoms with Crippen molar-refractivity contribution in [2.24, 2.45) is 10.7 Å². The van der Waals surface area contributed by atoms with Gasteiger partial charge in [-0.3, -0.25) is 25.1 Å². The molecule has 2 rings (SSSR count). The second-order valence-corrected chi connectivity index (χ2v) is 5.71. The first kappa shape index (κ1) is 20.5. The predicted molar refractivity (Wildman–Crippen MR) is 88.6 cm³/mol. The van der Waals surface area contributed by atoms with Crippen molar-refractivity contribution in [3.8, 4) is 0 Å². The number of ether oxygens (including phenoxy) is 1. The van der Waals surface area contributed by atoms with Crippen LogP contribution in [0, 0.1) is 20.2 Å². The Morgan fingerprint density at radius 1 is 1.33 bits per heavy atom. The fraction of sp³-hybridized carbons (Fsp3) is 0.250. The van der Waals surface area contributed by atoms with E-state index in [0.717, 1.165) is 6.08 Å². The van der Waals surface area contributed by atoms with E-state index in [2.05, 4.69) is 4.99 Å². The molecule has 1 aromatic carbocycles. The van der Waals surface area contributed by atoms with Crippen molar-refractivity contribution in [1.29, 1.82) is 0 Å². The number of benzene rings is 1. The van der Waals surface area contributed by atoms with Crippen LogP contribution in [0.2, 0.25) is 5.02 Å². The molecular weight excluding hydrogens is 422 g/mol. The molecule has 0 aliphatic carbocycles. The van der Waals surface area contributed by atoms with Crippen LogP contribution in [-0.4, -0.2) is 28.4 Å². The van der Waals surface area contributed by atoms with Crippen LogP contribution in [0.15, 0.2) is 23.0 Å². The topological polar surface area (TPSA) is 137 Å². The van der Waals surface area contributed by atoms with E-state index in [1.165, 1.54) is 7.11 Å². The molecule has 146 valence electrons. The van der Waals surface area contributed by atoms with Gasteiger partial charge in [-0.1, -0.05) is 23.2 Å². The lowest BCUT2D eigenvalue weighted by Gasteiger charge is -2.29. The molecular formula is C12H8Cl2F3N5O5. The number of rotatable bonds is 4. The van der Waals surface area contributed by atoms with Gasteiger partial charge in [-0.25, -0.2) is 0 Å². The number of guanidine groups is 1. The molecule has 0 spiro atoms. The van der Waals surface area contributed by atoms with Crippen LogP contribution in [0.5, 0.6) is 0 Å². The molecule has 1 atom stereocenters. The second-order valence-electron chi connectivity index (χ2n) is 4.89. The summed E-state index contributed by atoms with van der Waals surface area (Å²) >= 11 is 11.6. The maximum atomic E-state index is 13.1. The van der Waals surface area contributed by atoms with E-state index in [9.17, 15) is 33.4 Å². The summed E-state index contributed by atoms with van der Waals surface area (Å²) in [7, 11) is 1.21. The summed E-state index contributed by atoms with van der Waals surface area (Å²) in [6.07, 6.45) is -4.10. The van der Waals surface area contributed by atoms with Crippen molar-refractivity contribution in [1.82, 2.24) is 0 Å². The van der Waals surface area contributed by atoms with Crippen LogP contribution in [-0.2, 0) is 10.9 Å². The molecule has 0 amide bonds. The molecule has 0 fully saturated rings. The lowest BCUT2D eigenvalue weighted by atomic mass is 10.1. The van der Waals surface area contributed by atoms with Crippen molar-refractivity contribution < 1.29 is 27.8 Å². The Kier molecular flexibility index (Phi) is 5.37. The Labute approximate surface area is 157 Å². The Balaban J connectivity index is 2.90. The van der Waals surface area contributed by atoms with Gasteiger partial charge in [0.15, 0.2) is 0 Å². The summed E-state index contributed by atoms with van der Waals surface area (Å²) in [4.78, 5) is 24.5. The van der Waals surface area contributed by atoms with E-state index in [1.54, 1.807) is 0 Å². The summed E-state index contributed by atoms with van der Waals surface area (Å²) in [5, 5.41) is 21.4. The minimum absolute atomic E-state index is 0.0666. The number of anilines is 1. The average Bonchev–Trinajstić information content (AvgIpc) is 2.52. The van der Waals surface area contributed by atoms with E-state index >= 15 is 0 Å². The van der Waals surface area contributed by atoms with Gasteiger partial charge in [-0.2, -0.15) is 18.2 Å². The van der Waals surface area contributed by atoms with E-state index in [4.69, 9.17) is 33.7 Å². The monoisotopic (exact) mass is 429 g/mol. The number of hydrogen-bond acceptors (Lipinski definition) is 8. The van der Waals surface area contributed by atoms with Crippen LogP contribution in [0.1, 0.15) is 5.56 Å². The van der Waals surface area contributed by atoms with Crippen LogP contribution in [0.4, 0.5) is 30.2 Å². The van der Waals surface area contributed by atoms with E-state index in [1.807, 2.05) is 0 Å². The Bertz CT molecular complexity index is 889. The van der Waals surface area contributed by atoms with Crippen molar-refractivity contribution in [2.45, 2.75) is 11.7 Å². The molecule has 0 radical (unpaired) electrons. The van der Waals surface area contributed by atoms with E-state index in [0.29, 0.717) is 4.90 Å². The van der Waals surface area contributed by atoms with Gasteiger partial charge in [0.1, 0.15) is 10.5 Å². The molecule has 0 saturated heterocycles. The first-order valence-corrected chi connectivity index (χ1v) is 7.47.